The topological polar surface area (TPSA) is 60.9 Å². The number of piperidine rings is 1. The van der Waals surface area contributed by atoms with Crippen LogP contribution in [0.2, 0.25) is 0 Å². The van der Waals surface area contributed by atoms with Crippen LogP contribution >= 0.6 is 0 Å². The maximum Gasteiger partial charge on any atom is 0.181 e. The van der Waals surface area contributed by atoms with E-state index < -0.39 is 0 Å². The van der Waals surface area contributed by atoms with Gasteiger partial charge in [-0.15, -0.1) is 0 Å². The molecule has 1 aliphatic rings. The highest BCUT2D eigenvalue weighted by Gasteiger charge is 2.15. The van der Waals surface area contributed by atoms with Crippen LogP contribution in [0.4, 0.5) is 5.69 Å². The first-order chi connectivity index (χ1) is 12.3. The van der Waals surface area contributed by atoms with Crippen molar-refractivity contribution in [1.82, 2.24) is 24.8 Å². The van der Waals surface area contributed by atoms with Gasteiger partial charge in [0.05, 0.1) is 6.20 Å². The average molecular weight is 336 g/mol. The first-order valence-corrected chi connectivity index (χ1v) is 9.00. The summed E-state index contributed by atoms with van der Waals surface area (Å²) in [5.41, 5.74) is 3.85. The molecule has 2 aromatic heterocycles. The van der Waals surface area contributed by atoms with E-state index in [9.17, 15) is 0 Å². The lowest BCUT2D eigenvalue weighted by Crippen LogP contribution is -2.36. The van der Waals surface area contributed by atoms with Crippen LogP contribution in [0.1, 0.15) is 19.3 Å². The quantitative estimate of drug-likeness (QED) is 0.776. The van der Waals surface area contributed by atoms with E-state index in [1.807, 2.05) is 0 Å². The molecule has 1 saturated heterocycles. The van der Waals surface area contributed by atoms with E-state index in [0.717, 1.165) is 30.0 Å². The van der Waals surface area contributed by atoms with Crippen molar-refractivity contribution in [3.8, 4) is 11.4 Å². The maximum atomic E-state index is 4.63. The lowest BCUT2D eigenvalue weighted by Gasteiger charge is -2.29. The van der Waals surface area contributed by atoms with Crippen LogP contribution in [-0.2, 0) is 0 Å². The molecule has 0 aliphatic carbocycles. The van der Waals surface area contributed by atoms with E-state index in [2.05, 4.69) is 61.0 Å². The zero-order valence-corrected chi connectivity index (χ0v) is 14.6. The molecule has 25 heavy (non-hydrogen) atoms. The second-order valence-corrected chi connectivity index (χ2v) is 6.69. The normalized spacial score (nSPS) is 15.6. The Kier molecular flexibility index (Phi) is 4.61. The van der Waals surface area contributed by atoms with Crippen LogP contribution in [0, 0.1) is 0 Å². The zero-order chi connectivity index (χ0) is 17.1. The summed E-state index contributed by atoms with van der Waals surface area (Å²) in [7, 11) is 2.16. The molecule has 0 bridgehead atoms. The predicted octanol–water partition coefficient (Wildman–Crippen LogP) is 2.94. The number of benzene rings is 1. The summed E-state index contributed by atoms with van der Waals surface area (Å²) in [6.07, 6.45) is 7.34. The number of imidazole rings is 1. The van der Waals surface area contributed by atoms with Crippen molar-refractivity contribution in [1.29, 1.82) is 0 Å². The molecule has 0 unspecified atom stereocenters. The number of fused-ring (bicyclic) bond motifs is 1. The number of para-hydroxylation sites is 1. The van der Waals surface area contributed by atoms with Gasteiger partial charge in [-0.3, -0.25) is 0 Å². The average Bonchev–Trinajstić information content (AvgIpc) is 3.11. The minimum absolute atomic E-state index is 0.704. The number of H-pyrrole nitrogens is 1. The van der Waals surface area contributed by atoms with Crippen molar-refractivity contribution in [2.45, 2.75) is 19.3 Å². The van der Waals surface area contributed by atoms with Gasteiger partial charge in [0.1, 0.15) is 17.7 Å². The Morgan fingerprint density at radius 1 is 1.16 bits per heavy atom. The molecule has 0 saturated carbocycles. The highest BCUT2D eigenvalue weighted by atomic mass is 15.2. The lowest BCUT2D eigenvalue weighted by atomic mass is 10.1. The third-order valence-electron chi connectivity index (χ3n) is 4.93. The van der Waals surface area contributed by atoms with Gasteiger partial charge in [-0.2, -0.15) is 0 Å². The Hall–Kier alpha value is -2.47. The summed E-state index contributed by atoms with van der Waals surface area (Å²) in [6, 6.07) is 8.40. The number of aromatic amines is 1. The molecule has 0 atom stereocenters. The molecule has 0 radical (unpaired) electrons. The summed E-state index contributed by atoms with van der Waals surface area (Å²) in [4.78, 5) is 21.1. The molecule has 3 heterocycles. The number of hydrogen-bond donors (Lipinski definition) is 1. The van der Waals surface area contributed by atoms with Gasteiger partial charge < -0.3 is 14.8 Å². The van der Waals surface area contributed by atoms with Crippen LogP contribution in [-0.4, -0.2) is 58.1 Å². The van der Waals surface area contributed by atoms with Gasteiger partial charge in [0.2, 0.25) is 0 Å². The first kappa shape index (κ1) is 16.0. The fraction of sp³-hybridized carbons (Fsp3) is 0.421. The molecule has 6 heteroatoms. The number of hydrogen-bond acceptors (Lipinski definition) is 5. The van der Waals surface area contributed by atoms with E-state index in [-0.39, 0.29) is 0 Å². The molecular weight excluding hydrogens is 312 g/mol. The van der Waals surface area contributed by atoms with Crippen molar-refractivity contribution >= 4 is 16.9 Å². The van der Waals surface area contributed by atoms with Gasteiger partial charge in [0.25, 0.3) is 0 Å². The molecule has 0 spiro atoms. The number of likely N-dealkylation sites (N-methyl/N-ethyl adjacent to an activating group) is 1. The Labute approximate surface area is 147 Å². The van der Waals surface area contributed by atoms with Crippen molar-refractivity contribution in [2.24, 2.45) is 0 Å². The lowest BCUT2D eigenvalue weighted by molar-refractivity contribution is 0.234. The minimum Gasteiger partial charge on any atom is -0.373 e. The smallest absolute Gasteiger partial charge is 0.181 e. The zero-order valence-electron chi connectivity index (χ0n) is 14.6. The maximum absolute atomic E-state index is 4.63. The molecule has 1 N–H and O–H groups in total. The molecular formula is C19H24N6. The highest BCUT2D eigenvalue weighted by molar-refractivity contribution is 5.80. The van der Waals surface area contributed by atoms with Crippen molar-refractivity contribution in [3.05, 3.63) is 36.8 Å². The van der Waals surface area contributed by atoms with E-state index in [1.165, 1.54) is 44.4 Å². The summed E-state index contributed by atoms with van der Waals surface area (Å²) in [5, 5.41) is 0. The predicted molar refractivity (Wildman–Crippen MR) is 101 cm³/mol. The molecule has 6 nitrogen and oxygen atoms in total. The second-order valence-electron chi connectivity index (χ2n) is 6.69. The van der Waals surface area contributed by atoms with Gasteiger partial charge in [-0.1, -0.05) is 18.6 Å². The summed E-state index contributed by atoms with van der Waals surface area (Å²) >= 11 is 0. The largest absolute Gasteiger partial charge is 0.373 e. The molecule has 1 fully saturated rings. The Morgan fingerprint density at radius 2 is 2.00 bits per heavy atom. The molecule has 1 aliphatic heterocycles. The molecule has 1 aromatic carbocycles. The van der Waals surface area contributed by atoms with Crippen molar-refractivity contribution in [2.75, 3.05) is 38.1 Å². The highest BCUT2D eigenvalue weighted by Crippen LogP contribution is 2.29. The number of aromatic nitrogens is 4. The first-order valence-electron chi connectivity index (χ1n) is 9.00. The summed E-state index contributed by atoms with van der Waals surface area (Å²) in [6.45, 7) is 4.59. The van der Waals surface area contributed by atoms with Crippen LogP contribution in [0.25, 0.3) is 22.6 Å². The third-order valence-corrected chi connectivity index (χ3v) is 4.93. The Bertz CT molecular complexity index is 804. The second kappa shape index (κ2) is 7.19. The van der Waals surface area contributed by atoms with Crippen molar-refractivity contribution in [3.63, 3.8) is 0 Å². The number of nitrogens with zero attached hydrogens (tertiary/aromatic N) is 5. The van der Waals surface area contributed by atoms with E-state index >= 15 is 0 Å². The van der Waals surface area contributed by atoms with E-state index in [0.29, 0.717) is 5.65 Å². The molecule has 3 aromatic rings. The summed E-state index contributed by atoms with van der Waals surface area (Å²) < 4.78 is 0. The minimum atomic E-state index is 0.704. The van der Waals surface area contributed by atoms with E-state index in [4.69, 9.17) is 0 Å². The van der Waals surface area contributed by atoms with Crippen LogP contribution in [0.3, 0.4) is 0 Å². The number of rotatable bonds is 5. The van der Waals surface area contributed by atoms with Gasteiger partial charge in [0, 0.05) is 31.4 Å². The van der Waals surface area contributed by atoms with Gasteiger partial charge in [-0.25, -0.2) is 15.0 Å². The third kappa shape index (κ3) is 3.49. The molecule has 0 amide bonds. The fourth-order valence-corrected chi connectivity index (χ4v) is 3.49. The number of likely N-dealkylation sites (tertiary alicyclic amines) is 1. The molecule has 130 valence electrons. The van der Waals surface area contributed by atoms with Crippen LogP contribution < -0.4 is 4.90 Å². The van der Waals surface area contributed by atoms with Gasteiger partial charge in [0.15, 0.2) is 5.65 Å². The van der Waals surface area contributed by atoms with E-state index in [1.54, 1.807) is 6.20 Å². The van der Waals surface area contributed by atoms with Crippen LogP contribution in [0.5, 0.6) is 0 Å². The monoisotopic (exact) mass is 336 g/mol. The standard InChI is InChI=1S/C19H24N6/c1-24(11-12-25-9-5-2-6-10-25)17-8-4-3-7-15(17)18-22-16-13-20-14-21-19(16)23-18/h3-4,7-8,13-14H,2,5-6,9-12H2,1H3,(H,20,21,22,23). The SMILES string of the molecule is CN(CCN1CCCCC1)c1ccccc1-c1nc2ncncc2[nH]1. The Morgan fingerprint density at radius 3 is 2.84 bits per heavy atom. The van der Waals surface area contributed by atoms with Gasteiger partial charge >= 0.3 is 0 Å². The van der Waals surface area contributed by atoms with Crippen LogP contribution in [0.15, 0.2) is 36.8 Å². The number of anilines is 1. The van der Waals surface area contributed by atoms with Crippen molar-refractivity contribution < 1.29 is 0 Å². The number of nitrogens with one attached hydrogen (secondary N) is 1. The summed E-state index contributed by atoms with van der Waals surface area (Å²) in [5.74, 6) is 0.843. The molecule has 4 rings (SSSR count). The fourth-order valence-electron chi connectivity index (χ4n) is 3.49. The Balaban J connectivity index is 1.55. The van der Waals surface area contributed by atoms with Gasteiger partial charge in [-0.05, 0) is 38.1 Å².